The Hall–Kier alpha value is -1.38. The summed E-state index contributed by atoms with van der Waals surface area (Å²) in [6, 6.07) is 0. The summed E-state index contributed by atoms with van der Waals surface area (Å²) < 4.78 is 0. The van der Waals surface area contributed by atoms with E-state index in [1.165, 1.54) is 0 Å². The van der Waals surface area contributed by atoms with Crippen LogP contribution in [0.3, 0.4) is 0 Å². The highest BCUT2D eigenvalue weighted by Gasteiger charge is 2.01. The number of amides is 1. The van der Waals surface area contributed by atoms with Gasteiger partial charge in [0.15, 0.2) is 0 Å². The SMILES string of the molecule is CC/C=C(/C=C\C(C)=NC)C(=O)NC. The van der Waals surface area contributed by atoms with Gasteiger partial charge < -0.3 is 5.32 Å². The van der Waals surface area contributed by atoms with Crippen LogP contribution in [0.25, 0.3) is 0 Å². The van der Waals surface area contributed by atoms with E-state index in [-0.39, 0.29) is 5.91 Å². The third-order valence-corrected chi connectivity index (χ3v) is 1.77. The molecule has 0 heterocycles. The first kappa shape index (κ1) is 12.6. The fourth-order valence-corrected chi connectivity index (χ4v) is 0.886. The van der Waals surface area contributed by atoms with Crippen molar-refractivity contribution in [1.29, 1.82) is 0 Å². The summed E-state index contributed by atoms with van der Waals surface area (Å²) in [6.45, 7) is 3.89. The fraction of sp³-hybridized carbons (Fsp3) is 0.455. The molecule has 0 aromatic rings. The lowest BCUT2D eigenvalue weighted by atomic mass is 10.2. The first-order valence-corrected chi connectivity index (χ1v) is 4.69. The number of likely N-dealkylation sites (N-methyl/N-ethyl adjacent to an activating group) is 1. The van der Waals surface area contributed by atoms with Crippen molar-refractivity contribution >= 4 is 11.6 Å². The third kappa shape index (κ3) is 4.60. The van der Waals surface area contributed by atoms with Crippen molar-refractivity contribution in [3.8, 4) is 0 Å². The van der Waals surface area contributed by atoms with Gasteiger partial charge >= 0.3 is 0 Å². The molecule has 0 aliphatic rings. The molecule has 3 heteroatoms. The molecule has 0 unspecified atom stereocenters. The van der Waals surface area contributed by atoms with Gasteiger partial charge in [-0.2, -0.15) is 0 Å². The van der Waals surface area contributed by atoms with Gasteiger partial charge in [0.1, 0.15) is 0 Å². The number of carbonyl (C=O) groups excluding carboxylic acids is 1. The van der Waals surface area contributed by atoms with Gasteiger partial charge in [-0.05, 0) is 25.5 Å². The molecule has 0 radical (unpaired) electrons. The number of aliphatic imine (C=N–C) groups is 1. The van der Waals surface area contributed by atoms with Crippen molar-refractivity contribution in [2.24, 2.45) is 4.99 Å². The van der Waals surface area contributed by atoms with Crippen molar-refractivity contribution in [2.45, 2.75) is 20.3 Å². The average molecular weight is 194 g/mol. The Kier molecular flexibility index (Phi) is 6.37. The average Bonchev–Trinajstić information content (AvgIpc) is 2.22. The highest BCUT2D eigenvalue weighted by Crippen LogP contribution is 1.99. The normalized spacial score (nSPS) is 13.4. The second kappa shape index (κ2) is 7.06. The summed E-state index contributed by atoms with van der Waals surface area (Å²) in [5.41, 5.74) is 1.58. The minimum atomic E-state index is -0.0630. The van der Waals surface area contributed by atoms with E-state index in [1.807, 2.05) is 26.0 Å². The van der Waals surface area contributed by atoms with Crippen molar-refractivity contribution in [2.75, 3.05) is 14.1 Å². The predicted octanol–water partition coefficient (Wildman–Crippen LogP) is 1.72. The smallest absolute Gasteiger partial charge is 0.250 e. The van der Waals surface area contributed by atoms with Crippen LogP contribution in [0.2, 0.25) is 0 Å². The molecular formula is C11H18N2O. The van der Waals surface area contributed by atoms with Gasteiger partial charge in [0.25, 0.3) is 5.91 Å². The van der Waals surface area contributed by atoms with E-state index in [1.54, 1.807) is 20.2 Å². The van der Waals surface area contributed by atoms with E-state index in [2.05, 4.69) is 10.3 Å². The highest BCUT2D eigenvalue weighted by atomic mass is 16.1. The maximum atomic E-state index is 11.3. The van der Waals surface area contributed by atoms with Gasteiger partial charge in [0.2, 0.25) is 0 Å². The molecule has 0 saturated heterocycles. The van der Waals surface area contributed by atoms with Gasteiger partial charge in [-0.25, -0.2) is 0 Å². The minimum Gasteiger partial charge on any atom is -0.355 e. The Morgan fingerprint density at radius 1 is 1.43 bits per heavy atom. The summed E-state index contributed by atoms with van der Waals surface area (Å²) >= 11 is 0. The molecule has 14 heavy (non-hydrogen) atoms. The largest absolute Gasteiger partial charge is 0.355 e. The molecule has 0 saturated carbocycles. The standard InChI is InChI=1S/C11H18N2O/c1-5-6-10(11(14)13-4)8-7-9(2)12-3/h6-8H,5H2,1-4H3,(H,13,14)/b8-7-,10-6-,12-9?. The number of nitrogens with zero attached hydrogens (tertiary/aromatic N) is 1. The topological polar surface area (TPSA) is 41.5 Å². The number of hydrogen-bond donors (Lipinski definition) is 1. The molecule has 0 fully saturated rings. The summed E-state index contributed by atoms with van der Waals surface area (Å²) in [5, 5.41) is 2.59. The summed E-state index contributed by atoms with van der Waals surface area (Å²) in [5.74, 6) is -0.0630. The van der Waals surface area contributed by atoms with Crippen LogP contribution >= 0.6 is 0 Å². The first-order chi connectivity index (χ1) is 6.65. The molecule has 0 aromatic carbocycles. The molecule has 0 rings (SSSR count). The Morgan fingerprint density at radius 3 is 2.50 bits per heavy atom. The molecule has 0 aromatic heterocycles. The fourth-order valence-electron chi connectivity index (χ4n) is 0.886. The molecule has 1 N–H and O–H groups in total. The number of nitrogens with one attached hydrogen (secondary N) is 1. The van der Waals surface area contributed by atoms with E-state index >= 15 is 0 Å². The molecule has 3 nitrogen and oxygen atoms in total. The van der Waals surface area contributed by atoms with Crippen LogP contribution in [-0.4, -0.2) is 25.7 Å². The van der Waals surface area contributed by atoms with Gasteiger partial charge in [0.05, 0.1) is 0 Å². The maximum absolute atomic E-state index is 11.3. The summed E-state index contributed by atoms with van der Waals surface area (Å²) in [4.78, 5) is 15.3. The molecule has 0 aliphatic heterocycles. The van der Waals surface area contributed by atoms with Crippen LogP contribution in [0.1, 0.15) is 20.3 Å². The Labute approximate surface area is 85.6 Å². The number of allylic oxidation sites excluding steroid dienone is 2. The van der Waals surface area contributed by atoms with Crippen molar-refractivity contribution < 1.29 is 4.79 Å². The zero-order valence-corrected chi connectivity index (χ0v) is 9.29. The quantitative estimate of drug-likeness (QED) is 0.413. The lowest BCUT2D eigenvalue weighted by Gasteiger charge is -1.99. The zero-order chi connectivity index (χ0) is 11.0. The highest BCUT2D eigenvalue weighted by molar-refractivity contribution is 5.99. The van der Waals surface area contributed by atoms with Gasteiger partial charge in [0, 0.05) is 25.4 Å². The van der Waals surface area contributed by atoms with Crippen LogP contribution in [0, 0.1) is 0 Å². The molecule has 0 bridgehead atoms. The lowest BCUT2D eigenvalue weighted by Crippen LogP contribution is -2.19. The molecule has 0 spiro atoms. The van der Waals surface area contributed by atoms with E-state index in [4.69, 9.17) is 0 Å². The van der Waals surface area contributed by atoms with Crippen LogP contribution in [-0.2, 0) is 4.79 Å². The van der Waals surface area contributed by atoms with E-state index in [0.717, 1.165) is 12.1 Å². The van der Waals surface area contributed by atoms with Crippen LogP contribution in [0.15, 0.2) is 28.8 Å². The molecule has 0 aliphatic carbocycles. The van der Waals surface area contributed by atoms with Gasteiger partial charge in [-0.1, -0.05) is 13.0 Å². The molecule has 0 atom stereocenters. The van der Waals surface area contributed by atoms with Crippen molar-refractivity contribution in [3.63, 3.8) is 0 Å². The predicted molar refractivity (Wildman–Crippen MR) is 60.6 cm³/mol. The van der Waals surface area contributed by atoms with Crippen LogP contribution in [0.5, 0.6) is 0 Å². The van der Waals surface area contributed by atoms with Gasteiger partial charge in [-0.3, -0.25) is 9.79 Å². The molecule has 78 valence electrons. The van der Waals surface area contributed by atoms with E-state index in [0.29, 0.717) is 5.57 Å². The van der Waals surface area contributed by atoms with E-state index in [9.17, 15) is 4.79 Å². The second-order valence-electron chi connectivity index (χ2n) is 2.85. The minimum absolute atomic E-state index is 0.0630. The van der Waals surface area contributed by atoms with Crippen LogP contribution in [0.4, 0.5) is 0 Å². The van der Waals surface area contributed by atoms with Gasteiger partial charge in [-0.15, -0.1) is 0 Å². The maximum Gasteiger partial charge on any atom is 0.250 e. The second-order valence-corrected chi connectivity index (χ2v) is 2.85. The summed E-state index contributed by atoms with van der Waals surface area (Å²) in [6.07, 6.45) is 6.34. The van der Waals surface area contributed by atoms with Crippen LogP contribution < -0.4 is 5.32 Å². The Balaban J connectivity index is 4.63. The van der Waals surface area contributed by atoms with Crippen molar-refractivity contribution in [1.82, 2.24) is 5.32 Å². The molecular weight excluding hydrogens is 176 g/mol. The summed E-state index contributed by atoms with van der Waals surface area (Å²) in [7, 11) is 3.35. The number of rotatable bonds is 4. The van der Waals surface area contributed by atoms with E-state index < -0.39 is 0 Å². The number of carbonyl (C=O) groups is 1. The Bertz CT molecular complexity index is 275. The monoisotopic (exact) mass is 194 g/mol. The Morgan fingerprint density at radius 2 is 2.07 bits per heavy atom. The zero-order valence-electron chi connectivity index (χ0n) is 9.29. The third-order valence-electron chi connectivity index (χ3n) is 1.77. The lowest BCUT2D eigenvalue weighted by molar-refractivity contribution is -0.116. The molecule has 1 amide bonds. The first-order valence-electron chi connectivity index (χ1n) is 4.69. The number of hydrogen-bond acceptors (Lipinski definition) is 2. The van der Waals surface area contributed by atoms with Crippen molar-refractivity contribution in [3.05, 3.63) is 23.8 Å².